The molecule has 5 rings (SSSR count). The van der Waals surface area contributed by atoms with Gasteiger partial charge in [0.25, 0.3) is 5.89 Å². The molecule has 0 radical (unpaired) electrons. The Balaban J connectivity index is 1.48. The number of amides is 2. The lowest BCUT2D eigenvalue weighted by molar-refractivity contribution is 0.204. The van der Waals surface area contributed by atoms with Crippen molar-refractivity contribution in [2.75, 3.05) is 13.2 Å². The van der Waals surface area contributed by atoms with Crippen molar-refractivity contribution in [2.45, 2.75) is 32.7 Å². The van der Waals surface area contributed by atoms with Gasteiger partial charge in [-0.2, -0.15) is 4.98 Å². The third-order valence-corrected chi connectivity index (χ3v) is 6.50. The smallest absolute Gasteiger partial charge is 0.322 e. The van der Waals surface area contributed by atoms with E-state index >= 15 is 0 Å². The predicted octanol–water partition coefficient (Wildman–Crippen LogP) is 6.27. The number of ether oxygens (including phenoxy) is 1. The summed E-state index contributed by atoms with van der Waals surface area (Å²) in [7, 11) is 0. The van der Waals surface area contributed by atoms with E-state index in [-0.39, 0.29) is 6.03 Å². The average Bonchev–Trinajstić information content (AvgIpc) is 3.42. The van der Waals surface area contributed by atoms with E-state index in [1.54, 1.807) is 4.90 Å². The normalized spacial score (nSPS) is 15.6. The monoisotopic (exact) mass is 494 g/mol. The van der Waals surface area contributed by atoms with Gasteiger partial charge in [0.05, 0.1) is 18.2 Å². The fraction of sp³-hybridized carbons (Fsp3) is 0.233. The molecule has 1 aliphatic heterocycles. The molecule has 1 aliphatic rings. The summed E-state index contributed by atoms with van der Waals surface area (Å²) in [4.78, 5) is 19.8. The van der Waals surface area contributed by atoms with Crippen molar-refractivity contribution in [1.82, 2.24) is 20.4 Å². The van der Waals surface area contributed by atoms with Crippen LogP contribution in [0.25, 0.3) is 17.0 Å². The molecule has 1 aromatic heterocycles. The largest absolute Gasteiger partial charge is 0.494 e. The maximum atomic E-state index is 13.3. The highest BCUT2D eigenvalue weighted by Gasteiger charge is 2.35. The topological polar surface area (TPSA) is 80.5 Å². The van der Waals surface area contributed by atoms with Crippen molar-refractivity contribution in [3.63, 3.8) is 0 Å². The molecule has 1 atom stereocenters. The highest BCUT2D eigenvalue weighted by Crippen LogP contribution is 2.38. The Morgan fingerprint density at radius 3 is 2.38 bits per heavy atom. The summed E-state index contributed by atoms with van der Waals surface area (Å²) >= 11 is 0. The molecule has 0 spiro atoms. The Labute approximate surface area is 216 Å². The van der Waals surface area contributed by atoms with Crippen LogP contribution in [0.5, 0.6) is 5.75 Å². The van der Waals surface area contributed by atoms with Crippen LogP contribution in [0, 0.1) is 0 Å². The minimum Gasteiger partial charge on any atom is -0.494 e. The lowest BCUT2D eigenvalue weighted by Crippen LogP contribution is -2.46. The van der Waals surface area contributed by atoms with Gasteiger partial charge in [-0.05, 0) is 49.9 Å². The number of carbonyl (C=O) groups excluding carboxylic acids is 1. The number of benzene rings is 3. The highest BCUT2D eigenvalue weighted by atomic mass is 16.5. The number of hydrogen-bond acceptors (Lipinski definition) is 5. The zero-order chi connectivity index (χ0) is 25.6. The Hall–Kier alpha value is -4.39. The van der Waals surface area contributed by atoms with Gasteiger partial charge in [-0.25, -0.2) is 4.79 Å². The quantitative estimate of drug-likeness (QED) is 0.297. The summed E-state index contributed by atoms with van der Waals surface area (Å²) in [5.74, 6) is 1.68. The summed E-state index contributed by atoms with van der Waals surface area (Å²) in [6.45, 7) is 5.06. The number of nitrogens with zero attached hydrogens (tertiary/aromatic N) is 3. The summed E-state index contributed by atoms with van der Waals surface area (Å²) in [6.07, 6.45) is 1.71. The molecule has 7 nitrogen and oxygen atoms in total. The van der Waals surface area contributed by atoms with Crippen molar-refractivity contribution >= 4 is 11.6 Å². The van der Waals surface area contributed by atoms with Gasteiger partial charge >= 0.3 is 6.03 Å². The molecule has 2 amide bonds. The number of carbonyl (C=O) groups is 1. The van der Waals surface area contributed by atoms with E-state index in [0.29, 0.717) is 24.9 Å². The van der Waals surface area contributed by atoms with Crippen molar-refractivity contribution < 1.29 is 14.1 Å². The van der Waals surface area contributed by atoms with Gasteiger partial charge in [0.2, 0.25) is 5.82 Å². The van der Waals surface area contributed by atoms with Crippen LogP contribution in [0.15, 0.2) is 95.1 Å². The van der Waals surface area contributed by atoms with E-state index in [2.05, 4.69) is 22.6 Å². The molecule has 0 fully saturated rings. The van der Waals surface area contributed by atoms with E-state index in [1.165, 1.54) is 5.56 Å². The third kappa shape index (κ3) is 5.40. The first-order chi connectivity index (χ1) is 18.1. The molecule has 2 heterocycles. The van der Waals surface area contributed by atoms with Gasteiger partial charge in [0.1, 0.15) is 5.75 Å². The number of nitrogens with one attached hydrogen (secondary N) is 1. The molecule has 4 aromatic rings. The number of hydrogen-bond donors (Lipinski definition) is 1. The third-order valence-electron chi connectivity index (χ3n) is 6.50. The molecule has 3 aromatic carbocycles. The Bertz CT molecular complexity index is 1360. The van der Waals surface area contributed by atoms with Gasteiger partial charge in [-0.3, -0.25) is 4.90 Å². The number of aromatic nitrogens is 2. The standard InChI is InChI=1S/C30H30N4O3/c1-3-36-25-18-16-23(17-19-25)27-26(29-32-28(33-37-29)24-14-8-5-9-15-24)21(2)34(30(35)31-27)20-10-13-22-11-6-4-7-12-22/h4-9,11-12,14-19,27H,3,10,13,20H2,1-2H3,(H,31,35). The van der Waals surface area contributed by atoms with Gasteiger partial charge < -0.3 is 14.6 Å². The summed E-state index contributed by atoms with van der Waals surface area (Å²) in [6, 6.07) is 27.2. The SMILES string of the molecule is CCOc1ccc(C2NC(=O)N(CCCc3ccccc3)C(C)=C2c2nc(-c3ccccc3)no2)cc1. The zero-order valence-electron chi connectivity index (χ0n) is 21.1. The van der Waals surface area contributed by atoms with E-state index in [1.807, 2.05) is 86.6 Å². The highest BCUT2D eigenvalue weighted by molar-refractivity contribution is 5.86. The second kappa shape index (κ2) is 11.1. The second-order valence-corrected chi connectivity index (χ2v) is 8.91. The molecular formula is C30H30N4O3. The van der Waals surface area contributed by atoms with Crippen LogP contribution in [-0.4, -0.2) is 34.2 Å². The minimum absolute atomic E-state index is 0.143. The van der Waals surface area contributed by atoms with Crippen molar-refractivity contribution in [2.24, 2.45) is 0 Å². The molecule has 7 heteroatoms. The van der Waals surface area contributed by atoms with Crippen LogP contribution in [0.1, 0.15) is 43.3 Å². The first-order valence-electron chi connectivity index (χ1n) is 12.6. The molecular weight excluding hydrogens is 464 g/mol. The lowest BCUT2D eigenvalue weighted by atomic mass is 9.94. The molecule has 0 aliphatic carbocycles. The van der Waals surface area contributed by atoms with Crippen molar-refractivity contribution in [3.8, 4) is 17.1 Å². The minimum atomic E-state index is -0.433. The van der Waals surface area contributed by atoms with Crippen LogP contribution in [0.3, 0.4) is 0 Å². The first kappa shape index (κ1) is 24.3. The lowest BCUT2D eigenvalue weighted by Gasteiger charge is -2.35. The molecule has 1 N–H and O–H groups in total. The zero-order valence-corrected chi connectivity index (χ0v) is 21.1. The van der Waals surface area contributed by atoms with Gasteiger partial charge in [0, 0.05) is 17.8 Å². The summed E-state index contributed by atoms with van der Waals surface area (Å²) in [5.41, 5.74) is 4.62. The van der Waals surface area contributed by atoms with Gasteiger partial charge in [-0.15, -0.1) is 0 Å². The Morgan fingerprint density at radius 2 is 1.68 bits per heavy atom. The second-order valence-electron chi connectivity index (χ2n) is 8.91. The Kier molecular flexibility index (Phi) is 7.31. The predicted molar refractivity (Wildman–Crippen MR) is 143 cm³/mol. The Morgan fingerprint density at radius 1 is 0.973 bits per heavy atom. The van der Waals surface area contributed by atoms with E-state index in [9.17, 15) is 4.79 Å². The molecule has 0 bridgehead atoms. The van der Waals surface area contributed by atoms with Gasteiger partial charge in [0.15, 0.2) is 0 Å². The molecule has 0 saturated carbocycles. The summed E-state index contributed by atoms with van der Waals surface area (Å²) in [5, 5.41) is 7.41. The maximum Gasteiger partial charge on any atom is 0.322 e. The van der Waals surface area contributed by atoms with Crippen molar-refractivity contribution in [1.29, 1.82) is 0 Å². The molecule has 188 valence electrons. The van der Waals surface area contributed by atoms with Crippen LogP contribution in [0.2, 0.25) is 0 Å². The number of allylic oxidation sites excluding steroid dienone is 1. The van der Waals surface area contributed by atoms with Crippen LogP contribution >= 0.6 is 0 Å². The number of rotatable bonds is 9. The fourth-order valence-corrected chi connectivity index (χ4v) is 4.62. The molecule has 1 unspecified atom stereocenters. The number of urea groups is 1. The van der Waals surface area contributed by atoms with Crippen LogP contribution in [-0.2, 0) is 6.42 Å². The summed E-state index contributed by atoms with van der Waals surface area (Å²) < 4.78 is 11.4. The van der Waals surface area contributed by atoms with Crippen LogP contribution < -0.4 is 10.1 Å². The maximum absolute atomic E-state index is 13.3. The van der Waals surface area contributed by atoms with Crippen LogP contribution in [0.4, 0.5) is 4.79 Å². The average molecular weight is 495 g/mol. The first-order valence-corrected chi connectivity index (χ1v) is 12.6. The van der Waals surface area contributed by atoms with E-state index < -0.39 is 6.04 Å². The van der Waals surface area contributed by atoms with E-state index in [4.69, 9.17) is 14.2 Å². The fourth-order valence-electron chi connectivity index (χ4n) is 4.62. The van der Waals surface area contributed by atoms with E-state index in [0.717, 1.165) is 41.0 Å². The van der Waals surface area contributed by atoms with Crippen molar-refractivity contribution in [3.05, 3.63) is 108 Å². The number of aryl methyl sites for hydroxylation is 1. The van der Waals surface area contributed by atoms with Gasteiger partial charge in [-0.1, -0.05) is 78.0 Å². The molecule has 37 heavy (non-hydrogen) atoms. The molecule has 0 saturated heterocycles.